The smallest absolute Gasteiger partial charge is 0.870 e. The Labute approximate surface area is 75.7 Å². The first-order chi connectivity index (χ1) is 2.77. The van der Waals surface area contributed by atoms with E-state index in [1.54, 1.807) is 0 Å². The Kier molecular flexibility index (Phi) is 39.8. The third-order valence-electron chi connectivity index (χ3n) is 0.262. The van der Waals surface area contributed by atoms with Crippen LogP contribution in [0.3, 0.4) is 0 Å². The molecule has 0 unspecified atom stereocenters. The molecule has 0 bridgehead atoms. The second kappa shape index (κ2) is 15.8. The molecule has 0 amide bonds. The molecular formula is C3H7FeO3S2. The minimum atomic E-state index is 0. The van der Waals surface area contributed by atoms with Crippen LogP contribution in [0, 0.1) is 0 Å². The van der Waals surface area contributed by atoms with Gasteiger partial charge in [0.15, 0.2) is 0 Å². The minimum Gasteiger partial charge on any atom is -0.870 e. The van der Waals surface area contributed by atoms with Crippen molar-refractivity contribution in [3.63, 3.8) is 0 Å². The van der Waals surface area contributed by atoms with E-state index in [4.69, 9.17) is 0 Å². The van der Waals surface area contributed by atoms with Crippen LogP contribution < -0.4 is 0 Å². The summed E-state index contributed by atoms with van der Waals surface area (Å²) < 4.78 is 4.79. The molecule has 0 aromatic rings. The molecule has 0 aromatic carbocycles. The molecule has 6 heteroatoms. The van der Waals surface area contributed by atoms with E-state index in [1.807, 2.05) is 6.92 Å². The van der Waals surface area contributed by atoms with Crippen LogP contribution in [0.4, 0.5) is 0 Å². The summed E-state index contributed by atoms with van der Waals surface area (Å²) in [6.07, 6.45) is 0. The second-order valence-corrected chi connectivity index (χ2v) is 1.68. The summed E-state index contributed by atoms with van der Waals surface area (Å²) in [4.78, 5) is 0. The van der Waals surface area contributed by atoms with Gasteiger partial charge in [0.05, 0.1) is 6.61 Å². The average Bonchev–Trinajstić information content (AvgIpc) is 1.35. The topological polar surface area (TPSA) is 69.2 Å². The average molecular weight is 211 g/mol. The van der Waals surface area contributed by atoms with Crippen molar-refractivity contribution in [3.8, 4) is 0 Å². The van der Waals surface area contributed by atoms with E-state index in [0.29, 0.717) is 6.61 Å². The number of rotatable bonds is 1. The maximum absolute atomic E-state index is 4.59. The Morgan fingerprint density at radius 2 is 1.89 bits per heavy atom. The molecule has 0 saturated heterocycles. The van der Waals surface area contributed by atoms with Crippen molar-refractivity contribution in [2.75, 3.05) is 6.61 Å². The fourth-order valence-electron chi connectivity index (χ4n) is 0.118. The quantitative estimate of drug-likeness (QED) is 0.358. The van der Waals surface area contributed by atoms with Gasteiger partial charge >= 0.3 is 17.1 Å². The molecule has 57 valence electrons. The Bertz CT molecular complexity index is 61.0. The Morgan fingerprint density at radius 3 is 1.89 bits per heavy atom. The molecule has 2 N–H and O–H groups in total. The van der Waals surface area contributed by atoms with Crippen molar-refractivity contribution in [3.05, 3.63) is 0 Å². The van der Waals surface area contributed by atoms with Gasteiger partial charge in [-0.25, -0.2) is 0 Å². The molecule has 0 atom stereocenters. The molecule has 0 rings (SSSR count). The van der Waals surface area contributed by atoms with Crippen molar-refractivity contribution < 1.29 is 32.8 Å². The van der Waals surface area contributed by atoms with Crippen LogP contribution in [0.1, 0.15) is 6.92 Å². The van der Waals surface area contributed by atoms with E-state index in [-0.39, 0.29) is 32.4 Å². The van der Waals surface area contributed by atoms with Crippen LogP contribution in [0.15, 0.2) is 0 Å². The van der Waals surface area contributed by atoms with Crippen LogP contribution in [-0.2, 0) is 34.4 Å². The van der Waals surface area contributed by atoms with Crippen molar-refractivity contribution in [2.24, 2.45) is 0 Å². The predicted octanol–water partition coefficient (Wildman–Crippen LogP) is 0.499. The summed E-state index contributed by atoms with van der Waals surface area (Å²) in [5, 5.41) is 0. The maximum Gasteiger partial charge on any atom is 3.00 e. The Hall–Kier alpha value is 0.549. The molecule has 0 aliphatic carbocycles. The van der Waals surface area contributed by atoms with E-state index >= 15 is 0 Å². The van der Waals surface area contributed by atoms with Crippen LogP contribution in [0.2, 0.25) is 0 Å². The van der Waals surface area contributed by atoms with Crippen LogP contribution in [0.5, 0.6) is 0 Å². The van der Waals surface area contributed by atoms with Gasteiger partial charge in [-0.3, -0.25) is 0 Å². The monoisotopic (exact) mass is 211 g/mol. The summed E-state index contributed by atoms with van der Waals surface area (Å²) in [6.45, 7) is 2.43. The molecule has 0 saturated carbocycles. The minimum absolute atomic E-state index is 0. The van der Waals surface area contributed by atoms with Gasteiger partial charge in [-0.15, -0.1) is 0 Å². The summed E-state index contributed by atoms with van der Waals surface area (Å²) in [7, 11) is 0. The van der Waals surface area contributed by atoms with Gasteiger partial charge < -0.3 is 40.5 Å². The van der Waals surface area contributed by atoms with E-state index in [9.17, 15) is 0 Å². The molecule has 1 radical (unpaired) electrons. The zero-order valence-corrected chi connectivity index (χ0v) is 7.42. The van der Waals surface area contributed by atoms with Crippen molar-refractivity contribution in [1.82, 2.24) is 0 Å². The summed E-state index contributed by atoms with van der Waals surface area (Å²) in [5.74, 6) is 0. The molecule has 9 heavy (non-hydrogen) atoms. The Balaban J connectivity index is -0.0000000417. The molecule has 0 aliphatic rings. The molecule has 0 fully saturated rings. The summed E-state index contributed by atoms with van der Waals surface area (Å²) in [5.41, 5.74) is 0. The van der Waals surface area contributed by atoms with Gasteiger partial charge in [0.2, 0.25) is 0 Å². The van der Waals surface area contributed by atoms with Gasteiger partial charge in [-0.1, -0.05) is 0 Å². The zero-order valence-electron chi connectivity index (χ0n) is 4.68. The van der Waals surface area contributed by atoms with Crippen molar-refractivity contribution >= 4 is 29.2 Å². The van der Waals surface area contributed by atoms with Crippen molar-refractivity contribution in [2.45, 2.75) is 6.92 Å². The first kappa shape index (κ1) is 22.7. The standard InChI is InChI=1S/C3H6OS2.Fe.2H2O/c1-2-4-3(5)6;;;/h2H2,1H3,(H,5,6);;2*1H2/q;+3;;/p-3. The van der Waals surface area contributed by atoms with Crippen molar-refractivity contribution in [1.29, 1.82) is 0 Å². The molecular weight excluding hydrogens is 204 g/mol. The third kappa shape index (κ3) is 29.1. The molecule has 0 aromatic heterocycles. The van der Waals surface area contributed by atoms with E-state index < -0.39 is 0 Å². The van der Waals surface area contributed by atoms with Gasteiger partial charge in [0.25, 0.3) is 0 Å². The Morgan fingerprint density at radius 1 is 1.56 bits per heavy atom. The van der Waals surface area contributed by atoms with Gasteiger partial charge in [-0.05, 0) is 6.92 Å². The summed E-state index contributed by atoms with van der Waals surface area (Å²) in [6, 6.07) is 0. The fraction of sp³-hybridized carbons (Fsp3) is 0.667. The zero-order chi connectivity index (χ0) is 4.99. The normalized spacial score (nSPS) is 5.00. The second-order valence-electron chi connectivity index (χ2n) is 0.683. The SMILES string of the molecule is CCOC(=S)[S-].[Fe+3].[OH-].[OH-]. The van der Waals surface area contributed by atoms with E-state index in [2.05, 4.69) is 29.6 Å². The van der Waals surface area contributed by atoms with Gasteiger partial charge in [0, 0.05) is 4.38 Å². The molecule has 0 heterocycles. The van der Waals surface area contributed by atoms with Gasteiger partial charge in [-0.2, -0.15) is 0 Å². The van der Waals surface area contributed by atoms with E-state index in [1.165, 1.54) is 0 Å². The predicted molar refractivity (Wildman–Crippen MR) is 35.5 cm³/mol. The number of ether oxygens (including phenoxy) is 1. The summed E-state index contributed by atoms with van der Waals surface area (Å²) >= 11 is 8.77. The maximum atomic E-state index is 4.59. The molecule has 3 nitrogen and oxygen atoms in total. The first-order valence-corrected chi connectivity index (χ1v) is 2.42. The number of hydrogen-bond acceptors (Lipinski definition) is 5. The van der Waals surface area contributed by atoms with Crippen LogP contribution in [0.25, 0.3) is 0 Å². The van der Waals surface area contributed by atoms with Crippen LogP contribution in [-0.4, -0.2) is 21.9 Å². The first-order valence-electron chi connectivity index (χ1n) is 1.61. The molecule has 0 aliphatic heterocycles. The number of thiocarbonyl (C=S) groups is 1. The molecule has 0 spiro atoms. The largest absolute Gasteiger partial charge is 3.00 e. The van der Waals surface area contributed by atoms with E-state index in [0.717, 1.165) is 0 Å². The number of hydrogen-bond donors (Lipinski definition) is 0. The van der Waals surface area contributed by atoms with Crippen LogP contribution >= 0.6 is 12.2 Å². The fourth-order valence-corrected chi connectivity index (χ4v) is 0.354. The van der Waals surface area contributed by atoms with Gasteiger partial charge in [0.1, 0.15) is 0 Å². The third-order valence-corrected chi connectivity index (χ3v) is 0.498.